The van der Waals surface area contributed by atoms with E-state index in [1.807, 2.05) is 50.6 Å². The maximum atomic E-state index is 13.0. The number of fused-ring (bicyclic) bond motifs is 2. The molecule has 164 valence electrons. The van der Waals surface area contributed by atoms with Crippen LogP contribution in [0.25, 0.3) is 22.3 Å². The number of pyridine rings is 1. The van der Waals surface area contributed by atoms with Crippen LogP contribution in [0.3, 0.4) is 0 Å². The first-order valence-electron chi connectivity index (χ1n) is 11.2. The second-order valence-corrected chi connectivity index (χ2v) is 8.46. The fraction of sp³-hybridized carbons (Fsp3) is 0.391. The molecule has 0 spiro atoms. The summed E-state index contributed by atoms with van der Waals surface area (Å²) in [5, 5.41) is 8.05. The number of nitrogens with one attached hydrogen (secondary N) is 1. The molecular formula is C23H25N7O2. The molecule has 6 heterocycles. The zero-order valence-corrected chi connectivity index (χ0v) is 17.8. The van der Waals surface area contributed by atoms with Crippen molar-refractivity contribution in [3.63, 3.8) is 0 Å². The Bertz CT molecular complexity index is 1280. The van der Waals surface area contributed by atoms with Gasteiger partial charge in [0.05, 0.1) is 17.9 Å². The molecule has 9 heteroatoms. The molecule has 32 heavy (non-hydrogen) atoms. The van der Waals surface area contributed by atoms with Gasteiger partial charge >= 0.3 is 0 Å². The van der Waals surface area contributed by atoms with Crippen LogP contribution in [0.1, 0.15) is 36.2 Å². The lowest BCUT2D eigenvalue weighted by Gasteiger charge is -2.22. The monoisotopic (exact) mass is 431 g/mol. The number of imidazole rings is 1. The summed E-state index contributed by atoms with van der Waals surface area (Å²) in [4.78, 5) is 23.8. The van der Waals surface area contributed by atoms with Crippen LogP contribution >= 0.6 is 0 Å². The fourth-order valence-corrected chi connectivity index (χ4v) is 4.62. The van der Waals surface area contributed by atoms with E-state index in [0.29, 0.717) is 17.7 Å². The first-order chi connectivity index (χ1) is 15.8. The van der Waals surface area contributed by atoms with Gasteiger partial charge in [-0.15, -0.1) is 5.10 Å². The van der Waals surface area contributed by atoms with Crippen molar-refractivity contribution in [2.45, 2.75) is 31.7 Å². The molecule has 2 fully saturated rings. The Labute approximate surface area is 185 Å². The minimum Gasteiger partial charge on any atom is -0.381 e. The second kappa shape index (κ2) is 7.90. The largest absolute Gasteiger partial charge is 0.381 e. The molecule has 0 saturated carbocycles. The molecule has 9 nitrogen and oxygen atoms in total. The van der Waals surface area contributed by atoms with Gasteiger partial charge in [0.25, 0.3) is 5.91 Å². The highest BCUT2D eigenvalue weighted by Gasteiger charge is 2.23. The smallest absolute Gasteiger partial charge is 0.272 e. The van der Waals surface area contributed by atoms with Crippen molar-refractivity contribution in [3.05, 3.63) is 48.7 Å². The average Bonchev–Trinajstić information content (AvgIpc) is 3.58. The van der Waals surface area contributed by atoms with Crippen LogP contribution in [-0.2, 0) is 4.74 Å². The molecule has 0 radical (unpaired) electrons. The minimum absolute atomic E-state index is 0.0426. The number of amides is 1. The van der Waals surface area contributed by atoms with Gasteiger partial charge in [-0.25, -0.2) is 14.5 Å². The van der Waals surface area contributed by atoms with Crippen molar-refractivity contribution in [1.29, 1.82) is 0 Å². The third-order valence-electron chi connectivity index (χ3n) is 6.40. The van der Waals surface area contributed by atoms with E-state index in [4.69, 9.17) is 4.74 Å². The third-order valence-corrected chi connectivity index (χ3v) is 6.40. The topological polar surface area (TPSA) is 89.1 Å². The summed E-state index contributed by atoms with van der Waals surface area (Å²) in [5.41, 5.74) is 4.28. The first-order valence-corrected chi connectivity index (χ1v) is 11.2. The van der Waals surface area contributed by atoms with E-state index >= 15 is 0 Å². The van der Waals surface area contributed by atoms with Crippen molar-refractivity contribution < 1.29 is 9.53 Å². The number of anilines is 1. The summed E-state index contributed by atoms with van der Waals surface area (Å²) in [7, 11) is 0. The van der Waals surface area contributed by atoms with Gasteiger partial charge in [0, 0.05) is 55.9 Å². The first kappa shape index (κ1) is 19.2. The number of aromatic nitrogens is 5. The van der Waals surface area contributed by atoms with Crippen molar-refractivity contribution in [3.8, 4) is 11.1 Å². The number of carbonyl (C=O) groups excluding carboxylic acids is 1. The fourth-order valence-electron chi connectivity index (χ4n) is 4.62. The average molecular weight is 432 g/mol. The predicted octanol–water partition coefficient (Wildman–Crippen LogP) is 2.87. The number of hydrogen-bond donors (Lipinski definition) is 1. The number of hydrogen-bond acceptors (Lipinski definition) is 6. The van der Waals surface area contributed by atoms with Gasteiger partial charge in [-0.05, 0) is 43.9 Å². The Hall–Kier alpha value is -3.46. The van der Waals surface area contributed by atoms with E-state index < -0.39 is 0 Å². The van der Waals surface area contributed by atoms with Crippen molar-refractivity contribution in [2.75, 3.05) is 31.6 Å². The summed E-state index contributed by atoms with van der Waals surface area (Å²) in [6.45, 7) is 3.17. The van der Waals surface area contributed by atoms with Crippen molar-refractivity contribution >= 4 is 23.0 Å². The summed E-state index contributed by atoms with van der Waals surface area (Å²) < 4.78 is 9.16. The number of nitrogens with zero attached hydrogens (tertiary/aromatic N) is 6. The van der Waals surface area contributed by atoms with E-state index in [2.05, 4.69) is 20.4 Å². The maximum absolute atomic E-state index is 13.0. The van der Waals surface area contributed by atoms with E-state index in [9.17, 15) is 4.79 Å². The quantitative estimate of drug-likeness (QED) is 0.535. The lowest BCUT2D eigenvalue weighted by molar-refractivity contribution is 0.0786. The Balaban J connectivity index is 1.32. The van der Waals surface area contributed by atoms with E-state index in [1.165, 1.54) is 0 Å². The van der Waals surface area contributed by atoms with Crippen LogP contribution in [0.2, 0.25) is 0 Å². The van der Waals surface area contributed by atoms with Crippen LogP contribution in [0.5, 0.6) is 0 Å². The zero-order valence-electron chi connectivity index (χ0n) is 17.8. The van der Waals surface area contributed by atoms with Gasteiger partial charge in [0.15, 0.2) is 0 Å². The Morgan fingerprint density at radius 3 is 2.75 bits per heavy atom. The summed E-state index contributed by atoms with van der Waals surface area (Å²) in [6.07, 6.45) is 11.5. The maximum Gasteiger partial charge on any atom is 0.272 e. The lowest BCUT2D eigenvalue weighted by atomic mass is 10.1. The molecule has 0 aliphatic carbocycles. The van der Waals surface area contributed by atoms with Crippen LogP contribution in [-0.4, -0.2) is 67.1 Å². The van der Waals surface area contributed by atoms with E-state index in [1.54, 1.807) is 6.20 Å². The molecule has 0 bridgehead atoms. The molecule has 2 saturated heterocycles. The molecule has 2 aliphatic heterocycles. The number of ether oxygens (including phenoxy) is 1. The van der Waals surface area contributed by atoms with E-state index in [-0.39, 0.29) is 5.91 Å². The van der Waals surface area contributed by atoms with Crippen LogP contribution in [0.4, 0.5) is 5.95 Å². The second-order valence-electron chi connectivity index (χ2n) is 8.46. The molecule has 2 aliphatic rings. The summed E-state index contributed by atoms with van der Waals surface area (Å²) in [6, 6.07) is 6.34. The van der Waals surface area contributed by atoms with Gasteiger partial charge in [0.2, 0.25) is 5.95 Å². The summed E-state index contributed by atoms with van der Waals surface area (Å²) in [5.74, 6) is 0.663. The minimum atomic E-state index is 0.0426. The van der Waals surface area contributed by atoms with Crippen LogP contribution in [0, 0.1) is 0 Å². The highest BCUT2D eigenvalue weighted by atomic mass is 16.5. The molecule has 0 atom stereocenters. The number of carbonyl (C=O) groups is 1. The van der Waals surface area contributed by atoms with E-state index in [0.717, 1.165) is 74.3 Å². The Morgan fingerprint density at radius 1 is 1.06 bits per heavy atom. The predicted molar refractivity (Wildman–Crippen MR) is 120 cm³/mol. The van der Waals surface area contributed by atoms with Crippen molar-refractivity contribution in [2.24, 2.45) is 0 Å². The standard InChI is InChI=1S/C23H25N7O2/c31-22(28-8-1-2-9-28)20-14-24-21-4-3-16(15-29(20)21)18-5-10-30-19(18)13-25-23(27-30)26-17-6-11-32-12-7-17/h3-5,10,13-15,17H,1-2,6-9,11-12H2,(H,26,27). The molecule has 1 N–H and O–H groups in total. The van der Waals surface area contributed by atoms with Gasteiger partial charge in [0.1, 0.15) is 11.3 Å². The van der Waals surface area contributed by atoms with Gasteiger partial charge in [-0.1, -0.05) is 0 Å². The van der Waals surface area contributed by atoms with Crippen LogP contribution in [0.15, 0.2) is 43.0 Å². The number of rotatable bonds is 4. The lowest BCUT2D eigenvalue weighted by Crippen LogP contribution is -2.28. The molecule has 0 unspecified atom stereocenters. The van der Waals surface area contributed by atoms with Gasteiger partial charge in [-0.3, -0.25) is 9.20 Å². The zero-order chi connectivity index (χ0) is 21.5. The summed E-state index contributed by atoms with van der Waals surface area (Å²) >= 11 is 0. The van der Waals surface area contributed by atoms with Crippen LogP contribution < -0.4 is 5.32 Å². The molecule has 0 aromatic carbocycles. The molecule has 6 rings (SSSR count). The molecule has 4 aromatic rings. The molecular weight excluding hydrogens is 406 g/mol. The third kappa shape index (κ3) is 3.38. The highest BCUT2D eigenvalue weighted by molar-refractivity contribution is 5.93. The van der Waals surface area contributed by atoms with Gasteiger partial charge in [-0.2, -0.15) is 0 Å². The van der Waals surface area contributed by atoms with Gasteiger partial charge < -0.3 is 15.0 Å². The molecule has 4 aromatic heterocycles. The Morgan fingerprint density at radius 2 is 1.91 bits per heavy atom. The Kier molecular flexibility index (Phi) is 4.75. The normalized spacial score (nSPS) is 17.4. The SMILES string of the molecule is O=C(c1cnc2ccc(-c3ccn4nc(NC5CCOCC5)ncc34)cn12)N1CCCC1. The van der Waals surface area contributed by atoms with Crippen molar-refractivity contribution in [1.82, 2.24) is 28.9 Å². The molecule has 1 amide bonds. The highest BCUT2D eigenvalue weighted by Crippen LogP contribution is 2.27. The number of likely N-dealkylation sites (tertiary alicyclic amines) is 1.